The molecule has 0 bridgehead atoms. The van der Waals surface area contributed by atoms with Crippen molar-refractivity contribution >= 4 is 49.9 Å². The second kappa shape index (κ2) is 7.31. The highest BCUT2D eigenvalue weighted by molar-refractivity contribution is 7.22. The number of nitrogens with one attached hydrogen (secondary N) is 2. The number of hydrogen-bond donors (Lipinski definition) is 2. The molecule has 0 spiro atoms. The first-order valence-corrected chi connectivity index (χ1v) is 8.57. The van der Waals surface area contributed by atoms with E-state index in [-0.39, 0.29) is 18.4 Å². The third-order valence-corrected chi connectivity index (χ3v) is 4.63. The third kappa shape index (κ3) is 4.33. The molecule has 0 saturated carbocycles. The topological polar surface area (TPSA) is 74.3 Å². The molecule has 0 aliphatic rings. The monoisotopic (exact) mass is 354 g/mol. The molecule has 1 aromatic heterocycles. The minimum Gasteiger partial charge on any atom is -0.342 e. The van der Waals surface area contributed by atoms with Crippen LogP contribution in [0, 0.1) is 0 Å². The van der Waals surface area contributed by atoms with Crippen LogP contribution in [0.4, 0.5) is 16.5 Å². The smallest absolute Gasteiger partial charge is 0.243 e. The summed E-state index contributed by atoms with van der Waals surface area (Å²) in [4.78, 5) is 29.6. The molecule has 128 valence electrons. The Kier molecular flexibility index (Phi) is 4.95. The molecule has 2 aromatic carbocycles. The normalized spacial score (nSPS) is 10.5. The Hall–Kier alpha value is -2.93. The minimum absolute atomic E-state index is 0.130. The van der Waals surface area contributed by atoms with Crippen LogP contribution in [-0.4, -0.2) is 30.4 Å². The molecular formula is C18H18N4O2S. The van der Waals surface area contributed by atoms with E-state index in [2.05, 4.69) is 15.6 Å². The molecule has 25 heavy (non-hydrogen) atoms. The first kappa shape index (κ1) is 16.9. The standard InChI is InChI=1S/C18H18N4O2S/c1-12(23)19-13-7-9-14(10-8-13)20-17(24)11-22(2)18-21-15-5-3-4-6-16(15)25-18/h3-10H,11H2,1-2H3,(H,19,23)(H,20,24). The number of likely N-dealkylation sites (N-methyl/N-ethyl adjacent to an activating group) is 1. The van der Waals surface area contributed by atoms with Crippen molar-refractivity contribution in [2.24, 2.45) is 0 Å². The van der Waals surface area contributed by atoms with Gasteiger partial charge >= 0.3 is 0 Å². The molecule has 0 radical (unpaired) electrons. The first-order valence-electron chi connectivity index (χ1n) is 7.75. The van der Waals surface area contributed by atoms with Crippen LogP contribution in [0.25, 0.3) is 10.2 Å². The van der Waals surface area contributed by atoms with Crippen LogP contribution in [-0.2, 0) is 9.59 Å². The van der Waals surface area contributed by atoms with E-state index in [1.807, 2.05) is 36.2 Å². The lowest BCUT2D eigenvalue weighted by Crippen LogP contribution is -2.29. The second-order valence-electron chi connectivity index (χ2n) is 5.63. The fourth-order valence-electron chi connectivity index (χ4n) is 2.35. The highest BCUT2D eigenvalue weighted by atomic mass is 32.1. The van der Waals surface area contributed by atoms with E-state index in [1.165, 1.54) is 6.92 Å². The number of carbonyl (C=O) groups excluding carboxylic acids is 2. The second-order valence-corrected chi connectivity index (χ2v) is 6.64. The molecule has 0 aliphatic carbocycles. The van der Waals surface area contributed by atoms with Gasteiger partial charge in [0, 0.05) is 25.3 Å². The number of amides is 2. The molecule has 3 rings (SSSR count). The number of para-hydroxylation sites is 1. The lowest BCUT2D eigenvalue weighted by molar-refractivity contribution is -0.115. The van der Waals surface area contributed by atoms with E-state index in [0.29, 0.717) is 11.4 Å². The maximum absolute atomic E-state index is 12.2. The Labute approximate surface area is 149 Å². The fourth-order valence-corrected chi connectivity index (χ4v) is 3.27. The van der Waals surface area contributed by atoms with E-state index >= 15 is 0 Å². The van der Waals surface area contributed by atoms with E-state index in [9.17, 15) is 9.59 Å². The summed E-state index contributed by atoms with van der Waals surface area (Å²) in [6, 6.07) is 14.9. The van der Waals surface area contributed by atoms with E-state index in [0.717, 1.165) is 15.3 Å². The quantitative estimate of drug-likeness (QED) is 0.737. The van der Waals surface area contributed by atoms with Crippen molar-refractivity contribution in [3.8, 4) is 0 Å². The van der Waals surface area contributed by atoms with Gasteiger partial charge in [-0.1, -0.05) is 23.5 Å². The van der Waals surface area contributed by atoms with Crippen LogP contribution in [0.3, 0.4) is 0 Å². The number of aromatic nitrogens is 1. The Balaban J connectivity index is 1.60. The van der Waals surface area contributed by atoms with Gasteiger partial charge in [-0.2, -0.15) is 0 Å². The van der Waals surface area contributed by atoms with Crippen molar-refractivity contribution in [2.45, 2.75) is 6.92 Å². The van der Waals surface area contributed by atoms with Crippen molar-refractivity contribution in [3.63, 3.8) is 0 Å². The summed E-state index contributed by atoms with van der Waals surface area (Å²) in [7, 11) is 1.84. The molecule has 3 aromatic rings. The van der Waals surface area contributed by atoms with Gasteiger partial charge in [-0.05, 0) is 36.4 Å². The van der Waals surface area contributed by atoms with Crippen molar-refractivity contribution in [1.82, 2.24) is 4.98 Å². The van der Waals surface area contributed by atoms with Gasteiger partial charge in [0.1, 0.15) is 0 Å². The molecular weight excluding hydrogens is 336 g/mol. The van der Waals surface area contributed by atoms with Gasteiger partial charge < -0.3 is 15.5 Å². The van der Waals surface area contributed by atoms with Crippen molar-refractivity contribution < 1.29 is 9.59 Å². The van der Waals surface area contributed by atoms with Crippen LogP contribution in [0.15, 0.2) is 48.5 Å². The third-order valence-electron chi connectivity index (χ3n) is 3.48. The number of hydrogen-bond acceptors (Lipinski definition) is 5. The van der Waals surface area contributed by atoms with Crippen LogP contribution < -0.4 is 15.5 Å². The van der Waals surface area contributed by atoms with Crippen molar-refractivity contribution in [2.75, 3.05) is 29.1 Å². The Morgan fingerprint density at radius 3 is 2.32 bits per heavy atom. The van der Waals surface area contributed by atoms with E-state index < -0.39 is 0 Å². The predicted molar refractivity (Wildman–Crippen MR) is 102 cm³/mol. The number of benzene rings is 2. The minimum atomic E-state index is -0.131. The zero-order valence-electron chi connectivity index (χ0n) is 13.9. The molecule has 6 nitrogen and oxygen atoms in total. The van der Waals surface area contributed by atoms with Gasteiger partial charge in [-0.3, -0.25) is 9.59 Å². The molecule has 0 aliphatic heterocycles. The molecule has 7 heteroatoms. The summed E-state index contributed by atoms with van der Waals surface area (Å²) in [5, 5.41) is 6.33. The maximum atomic E-state index is 12.2. The van der Waals surface area contributed by atoms with Crippen LogP contribution in [0.2, 0.25) is 0 Å². The number of anilines is 3. The van der Waals surface area contributed by atoms with E-state index in [1.54, 1.807) is 35.6 Å². The SMILES string of the molecule is CC(=O)Nc1ccc(NC(=O)CN(C)c2nc3ccccc3s2)cc1. The number of fused-ring (bicyclic) bond motifs is 1. The molecule has 0 fully saturated rings. The van der Waals surface area contributed by atoms with Gasteiger partial charge in [0.25, 0.3) is 0 Å². The highest BCUT2D eigenvalue weighted by Crippen LogP contribution is 2.27. The van der Waals surface area contributed by atoms with Crippen LogP contribution >= 0.6 is 11.3 Å². The number of thiazole rings is 1. The number of carbonyl (C=O) groups is 2. The summed E-state index contributed by atoms with van der Waals surface area (Å²) in [5.41, 5.74) is 2.30. The Morgan fingerprint density at radius 2 is 1.68 bits per heavy atom. The fraction of sp³-hybridized carbons (Fsp3) is 0.167. The molecule has 0 saturated heterocycles. The predicted octanol–water partition coefficient (Wildman–Crippen LogP) is 3.33. The lowest BCUT2D eigenvalue weighted by atomic mass is 10.2. The van der Waals surface area contributed by atoms with Gasteiger partial charge in [-0.15, -0.1) is 0 Å². The maximum Gasteiger partial charge on any atom is 0.243 e. The average molecular weight is 354 g/mol. The summed E-state index contributed by atoms with van der Waals surface area (Å²) >= 11 is 1.56. The van der Waals surface area contributed by atoms with Gasteiger partial charge in [-0.25, -0.2) is 4.98 Å². The molecule has 0 atom stereocenters. The number of rotatable bonds is 5. The Bertz CT molecular complexity index is 872. The molecule has 1 heterocycles. The highest BCUT2D eigenvalue weighted by Gasteiger charge is 2.12. The average Bonchev–Trinajstić information content (AvgIpc) is 3.00. The van der Waals surface area contributed by atoms with Crippen LogP contribution in [0.5, 0.6) is 0 Å². The molecule has 2 amide bonds. The number of nitrogens with zero attached hydrogens (tertiary/aromatic N) is 2. The zero-order chi connectivity index (χ0) is 17.8. The van der Waals surface area contributed by atoms with Gasteiger partial charge in [0.05, 0.1) is 16.8 Å². The van der Waals surface area contributed by atoms with Crippen molar-refractivity contribution in [3.05, 3.63) is 48.5 Å². The molecule has 2 N–H and O–H groups in total. The largest absolute Gasteiger partial charge is 0.342 e. The first-order chi connectivity index (χ1) is 12.0. The zero-order valence-corrected chi connectivity index (χ0v) is 14.8. The van der Waals surface area contributed by atoms with Crippen molar-refractivity contribution in [1.29, 1.82) is 0 Å². The van der Waals surface area contributed by atoms with E-state index in [4.69, 9.17) is 0 Å². The van der Waals surface area contributed by atoms with Gasteiger partial charge in [0.15, 0.2) is 5.13 Å². The van der Waals surface area contributed by atoms with Gasteiger partial charge in [0.2, 0.25) is 11.8 Å². The Morgan fingerprint density at radius 1 is 1.04 bits per heavy atom. The van der Waals surface area contributed by atoms with Crippen LogP contribution in [0.1, 0.15) is 6.92 Å². The summed E-state index contributed by atoms with van der Waals surface area (Å²) in [5.74, 6) is -0.261. The lowest BCUT2D eigenvalue weighted by Gasteiger charge is -2.15. The summed E-state index contributed by atoms with van der Waals surface area (Å²) in [6.45, 7) is 1.65. The summed E-state index contributed by atoms with van der Waals surface area (Å²) < 4.78 is 1.10. The molecule has 0 unspecified atom stereocenters. The summed E-state index contributed by atoms with van der Waals surface area (Å²) in [6.07, 6.45) is 0.